The molecule has 0 spiro atoms. The minimum atomic E-state index is -1.52. The molecule has 5 N–H and O–H groups in total. The van der Waals surface area contributed by atoms with E-state index < -0.39 is 47.0 Å². The van der Waals surface area contributed by atoms with Gasteiger partial charge in [-0.3, -0.25) is 14.5 Å². The Kier molecular flexibility index (Phi) is 8.81. The summed E-state index contributed by atoms with van der Waals surface area (Å²) in [5, 5.41) is 32.4. The molecular formula is C24H21ClN8O7S3. The van der Waals surface area contributed by atoms with Crippen molar-refractivity contribution in [3.05, 3.63) is 57.4 Å². The summed E-state index contributed by atoms with van der Waals surface area (Å²) in [4.78, 5) is 63.9. The highest BCUT2D eigenvalue weighted by molar-refractivity contribution is 8.00. The number of nitrogens with zero attached hydrogens (tertiary/aromatic N) is 5. The van der Waals surface area contributed by atoms with Crippen molar-refractivity contribution in [1.29, 1.82) is 0 Å². The van der Waals surface area contributed by atoms with Crippen molar-refractivity contribution in [3.63, 3.8) is 0 Å². The molecule has 1 unspecified atom stereocenters. The summed E-state index contributed by atoms with van der Waals surface area (Å²) in [5.41, 5.74) is 5.99. The number of thiazole rings is 2. The predicted molar refractivity (Wildman–Crippen MR) is 155 cm³/mol. The second-order valence-electron chi connectivity index (χ2n) is 9.02. The number of nitrogens with two attached hydrogens (primary N) is 1. The van der Waals surface area contributed by atoms with Crippen LogP contribution in [0, 0.1) is 0 Å². The number of carboxylic acid groups (broad SMARTS) is 2. The number of aliphatic carboxylic acids is 2. The first kappa shape index (κ1) is 30.2. The number of amides is 2. The zero-order valence-electron chi connectivity index (χ0n) is 21.9. The topological polar surface area (TPSA) is 216 Å². The van der Waals surface area contributed by atoms with Crippen LogP contribution in [0.25, 0.3) is 0 Å². The van der Waals surface area contributed by atoms with E-state index in [0.717, 1.165) is 27.1 Å². The fourth-order valence-corrected chi connectivity index (χ4v) is 6.92. The number of pyridine rings is 1. The van der Waals surface area contributed by atoms with E-state index in [2.05, 4.69) is 25.8 Å². The van der Waals surface area contributed by atoms with Crippen molar-refractivity contribution in [3.8, 4) is 0 Å². The van der Waals surface area contributed by atoms with Crippen LogP contribution in [0.4, 0.5) is 16.0 Å². The molecule has 224 valence electrons. The van der Waals surface area contributed by atoms with Crippen molar-refractivity contribution in [2.24, 2.45) is 5.16 Å². The Morgan fingerprint density at radius 3 is 2.72 bits per heavy atom. The van der Waals surface area contributed by atoms with Crippen molar-refractivity contribution >= 4 is 91.5 Å². The zero-order chi connectivity index (χ0) is 30.8. The average molecular weight is 665 g/mol. The van der Waals surface area contributed by atoms with Crippen molar-refractivity contribution in [1.82, 2.24) is 20.2 Å². The number of thioether (sulfide) groups is 1. The Morgan fingerprint density at radius 1 is 1.37 bits per heavy atom. The maximum absolute atomic E-state index is 13.2. The van der Waals surface area contributed by atoms with Crippen LogP contribution in [0.1, 0.15) is 12.6 Å². The van der Waals surface area contributed by atoms with Gasteiger partial charge in [0.15, 0.2) is 34.9 Å². The molecule has 0 bridgehead atoms. The molecule has 1 saturated heterocycles. The summed E-state index contributed by atoms with van der Waals surface area (Å²) in [6.45, 7) is 1.38. The molecule has 3 aromatic rings. The molecule has 15 nitrogen and oxygen atoms in total. The van der Waals surface area contributed by atoms with E-state index in [1.165, 1.54) is 30.0 Å². The van der Waals surface area contributed by atoms with E-state index >= 15 is 0 Å². The third-order valence-electron chi connectivity index (χ3n) is 6.17. The summed E-state index contributed by atoms with van der Waals surface area (Å²) < 4.78 is 1.75. The van der Waals surface area contributed by atoms with Gasteiger partial charge in [0.05, 0.1) is 17.4 Å². The van der Waals surface area contributed by atoms with E-state index in [1.54, 1.807) is 23.2 Å². The number of rotatable bonds is 11. The van der Waals surface area contributed by atoms with Crippen LogP contribution in [-0.4, -0.2) is 72.7 Å². The van der Waals surface area contributed by atoms with Crippen LogP contribution < -0.4 is 26.0 Å². The maximum atomic E-state index is 13.2. The lowest BCUT2D eigenvalue weighted by molar-refractivity contribution is -0.689. The van der Waals surface area contributed by atoms with Gasteiger partial charge in [-0.25, -0.2) is 19.3 Å². The number of halogens is 1. The van der Waals surface area contributed by atoms with Crippen LogP contribution in [0.15, 0.2) is 52.5 Å². The van der Waals surface area contributed by atoms with E-state index in [9.17, 15) is 24.3 Å². The van der Waals surface area contributed by atoms with Gasteiger partial charge in [0, 0.05) is 35.0 Å². The third kappa shape index (κ3) is 6.41. The molecule has 5 rings (SSSR count). The molecule has 0 aliphatic carbocycles. The van der Waals surface area contributed by atoms with Gasteiger partial charge < -0.3 is 36.2 Å². The lowest BCUT2D eigenvalue weighted by atomic mass is 10.0. The molecule has 0 saturated carbocycles. The minimum absolute atomic E-state index is 0.0112. The number of hydrogen-bond acceptors (Lipinski definition) is 14. The van der Waals surface area contributed by atoms with E-state index in [4.69, 9.17) is 27.3 Å². The van der Waals surface area contributed by atoms with Crippen molar-refractivity contribution < 1.29 is 38.8 Å². The first-order chi connectivity index (χ1) is 20.5. The third-order valence-corrected chi connectivity index (χ3v) is 9.28. The standard InChI is InChI=1S/C24H21ClN8O7S3/c1-10(21(36)37)40-31-14(13-17(25)43-23(26)30-13)18(34)29-15-19(35)33-16(22(38)39)11(9-42-20(15)33)8-32-5-2-12(3-6-32)28-24-27-4-7-41-24/h2-7,10,15,20H,8-9H2,1H3,(H5,26,29,30,34,36,37,38,39)/b31-14-/t10-,15+,20?/m0/s1. The second-order valence-corrected chi connectivity index (χ2v) is 12.7. The molecule has 2 aliphatic heterocycles. The minimum Gasteiger partial charge on any atom is -0.543 e. The highest BCUT2D eigenvalue weighted by atomic mass is 35.5. The second kappa shape index (κ2) is 12.5. The highest BCUT2D eigenvalue weighted by Gasteiger charge is 2.53. The summed E-state index contributed by atoms with van der Waals surface area (Å²) >= 11 is 9.70. The van der Waals surface area contributed by atoms with Gasteiger partial charge in [-0.1, -0.05) is 28.1 Å². The number of nitrogens with one attached hydrogen (secondary N) is 2. The summed E-state index contributed by atoms with van der Waals surface area (Å²) in [6, 6.07) is 2.48. The first-order valence-electron chi connectivity index (χ1n) is 12.3. The van der Waals surface area contributed by atoms with E-state index in [-0.39, 0.29) is 33.2 Å². The molecule has 3 aromatic heterocycles. The Balaban J connectivity index is 1.31. The maximum Gasteiger partial charge on any atom is 0.347 e. The highest BCUT2D eigenvalue weighted by Crippen LogP contribution is 2.40. The molecule has 43 heavy (non-hydrogen) atoms. The van der Waals surface area contributed by atoms with Gasteiger partial charge in [-0.2, -0.15) is 0 Å². The van der Waals surface area contributed by atoms with Gasteiger partial charge in [-0.05, 0) is 6.92 Å². The fourth-order valence-electron chi connectivity index (χ4n) is 4.11. The van der Waals surface area contributed by atoms with Crippen molar-refractivity contribution in [2.75, 3.05) is 16.8 Å². The number of hydrogen-bond donors (Lipinski definition) is 4. The normalized spacial score (nSPS) is 18.9. The number of anilines is 3. The van der Waals surface area contributed by atoms with Crippen LogP contribution >= 0.6 is 46.0 Å². The Labute approximate surface area is 260 Å². The zero-order valence-corrected chi connectivity index (χ0v) is 25.1. The largest absolute Gasteiger partial charge is 0.543 e. The Bertz CT molecular complexity index is 1640. The fraction of sp³-hybridized carbons (Fsp3) is 0.250. The number of β-lactam (4-membered cyclic amide) rings is 1. The first-order valence-corrected chi connectivity index (χ1v) is 15.4. The summed E-state index contributed by atoms with van der Waals surface area (Å²) in [6.07, 6.45) is 3.79. The van der Waals surface area contributed by atoms with Gasteiger partial charge in [-0.15, -0.1) is 23.1 Å². The summed E-state index contributed by atoms with van der Waals surface area (Å²) in [7, 11) is 0. The number of carbonyl (C=O) groups excluding carboxylic acids is 3. The average Bonchev–Trinajstić information content (AvgIpc) is 3.60. The Morgan fingerprint density at radius 2 is 2.12 bits per heavy atom. The number of oxime groups is 1. The Hall–Kier alpha value is -4.26. The van der Waals surface area contributed by atoms with E-state index in [1.807, 2.05) is 17.5 Å². The molecule has 0 radical (unpaired) electrons. The molecule has 0 aromatic carbocycles. The lowest BCUT2D eigenvalue weighted by Gasteiger charge is -2.50. The SMILES string of the molecule is C[C@H](O/N=C(\C(=O)N[C@@H]1C(=O)N2C(C(=O)[O-])=C(C[n+]3ccc(Nc4nccs4)cc3)CSC12)c1nc(N)sc1Cl)C(=O)O. The smallest absolute Gasteiger partial charge is 0.347 e. The number of carboxylic acids is 2. The predicted octanol–water partition coefficient (Wildman–Crippen LogP) is 0.164. The van der Waals surface area contributed by atoms with Crippen LogP contribution in [0.2, 0.25) is 4.34 Å². The molecule has 2 amide bonds. The van der Waals surface area contributed by atoms with Gasteiger partial charge >= 0.3 is 5.97 Å². The molecular weight excluding hydrogens is 644 g/mol. The number of carbonyl (C=O) groups is 4. The number of nitrogen functional groups attached to an aromatic ring is 1. The molecule has 5 heterocycles. The number of fused-ring (bicyclic) bond motifs is 1. The monoisotopic (exact) mass is 664 g/mol. The van der Waals surface area contributed by atoms with Crippen LogP contribution in [-0.2, 0) is 30.6 Å². The molecule has 3 atom stereocenters. The molecule has 1 fully saturated rings. The molecule has 19 heteroatoms. The van der Waals surface area contributed by atoms with Crippen molar-refractivity contribution in [2.45, 2.75) is 31.0 Å². The van der Waals surface area contributed by atoms with Crippen LogP contribution in [0.5, 0.6) is 0 Å². The number of aromatic nitrogens is 3. The van der Waals surface area contributed by atoms with Gasteiger partial charge in [0.25, 0.3) is 11.8 Å². The van der Waals surface area contributed by atoms with Gasteiger partial charge in [0.2, 0.25) is 6.10 Å². The van der Waals surface area contributed by atoms with Gasteiger partial charge in [0.1, 0.15) is 21.4 Å². The van der Waals surface area contributed by atoms with E-state index in [0.29, 0.717) is 5.57 Å². The molecule has 2 aliphatic rings. The quantitative estimate of drug-likeness (QED) is 0.0933. The van der Waals surface area contributed by atoms with Crippen LogP contribution in [0.3, 0.4) is 0 Å². The lowest BCUT2D eigenvalue weighted by Crippen LogP contribution is -2.71. The summed E-state index contributed by atoms with van der Waals surface area (Å²) in [5.74, 6) is -4.25.